The van der Waals surface area contributed by atoms with E-state index in [1.54, 1.807) is 18.2 Å². The fraction of sp³-hybridized carbons (Fsp3) is 0.304. The van der Waals surface area contributed by atoms with Crippen LogP contribution >= 0.6 is 23.2 Å². The highest BCUT2D eigenvalue weighted by Gasteiger charge is 2.34. The van der Waals surface area contributed by atoms with Crippen molar-refractivity contribution in [3.05, 3.63) is 75.4 Å². The summed E-state index contributed by atoms with van der Waals surface area (Å²) in [4.78, 5) is 29.6. The van der Waals surface area contributed by atoms with E-state index in [0.29, 0.717) is 28.4 Å². The second-order valence-corrected chi connectivity index (χ2v) is 8.53. The van der Waals surface area contributed by atoms with Crippen LogP contribution in [0.1, 0.15) is 11.6 Å². The van der Waals surface area contributed by atoms with Crippen LogP contribution in [0.25, 0.3) is 0 Å². The fourth-order valence-electron chi connectivity index (χ4n) is 4.11. The van der Waals surface area contributed by atoms with Gasteiger partial charge in [-0.05, 0) is 29.8 Å². The number of urea groups is 1. The molecule has 9 heteroatoms. The number of benzene rings is 2. The lowest BCUT2D eigenvalue weighted by Crippen LogP contribution is -2.51. The zero-order valence-electron chi connectivity index (χ0n) is 17.6. The number of para-hydroxylation sites is 1. The SMILES string of the molecule is COC(=O)C1=C(CN2CCN(c3ccccc3Cl)CC2)NC(=O)N[C@H]1c1cccc(Cl)c1. The number of halogens is 2. The zero-order chi connectivity index (χ0) is 22.7. The Morgan fingerprint density at radius 2 is 1.84 bits per heavy atom. The maximum Gasteiger partial charge on any atom is 0.338 e. The Morgan fingerprint density at radius 3 is 2.53 bits per heavy atom. The molecule has 1 fully saturated rings. The molecule has 1 saturated heterocycles. The Morgan fingerprint density at radius 1 is 1.09 bits per heavy atom. The predicted molar refractivity (Wildman–Crippen MR) is 125 cm³/mol. The molecular weight excluding hydrogens is 451 g/mol. The molecule has 2 N–H and O–H groups in total. The fourth-order valence-corrected chi connectivity index (χ4v) is 4.56. The summed E-state index contributed by atoms with van der Waals surface area (Å²) in [6.45, 7) is 3.51. The lowest BCUT2D eigenvalue weighted by atomic mass is 9.95. The van der Waals surface area contributed by atoms with Crippen molar-refractivity contribution in [3.8, 4) is 0 Å². The number of hydrogen-bond donors (Lipinski definition) is 2. The minimum absolute atomic E-state index is 0.368. The number of hydrogen-bond acceptors (Lipinski definition) is 5. The standard InChI is InChI=1S/C23H24Cl2N4O3/c1-32-22(30)20-18(26-23(31)27-21(20)15-5-4-6-16(24)13-15)14-28-9-11-29(12-10-28)19-8-3-2-7-17(19)25/h2-8,13,21H,9-12,14H2,1H3,(H2,26,27,31)/t21-/m0/s1. The largest absolute Gasteiger partial charge is 0.466 e. The summed E-state index contributed by atoms with van der Waals surface area (Å²) in [5.41, 5.74) is 2.65. The number of rotatable bonds is 5. The van der Waals surface area contributed by atoms with Gasteiger partial charge in [0.1, 0.15) is 0 Å². The number of esters is 1. The van der Waals surface area contributed by atoms with Gasteiger partial charge < -0.3 is 20.3 Å². The van der Waals surface area contributed by atoms with Gasteiger partial charge in [-0.3, -0.25) is 4.90 Å². The first-order chi connectivity index (χ1) is 15.5. The molecule has 1 atom stereocenters. The second kappa shape index (κ2) is 9.81. The molecule has 0 radical (unpaired) electrons. The molecule has 2 amide bonds. The van der Waals surface area contributed by atoms with Crippen LogP contribution in [0.4, 0.5) is 10.5 Å². The monoisotopic (exact) mass is 474 g/mol. The number of methoxy groups -OCH3 is 1. The van der Waals surface area contributed by atoms with E-state index in [1.165, 1.54) is 7.11 Å². The highest BCUT2D eigenvalue weighted by molar-refractivity contribution is 6.33. The summed E-state index contributed by atoms with van der Waals surface area (Å²) in [7, 11) is 1.33. The van der Waals surface area contributed by atoms with Crippen LogP contribution < -0.4 is 15.5 Å². The highest BCUT2D eigenvalue weighted by Crippen LogP contribution is 2.30. The third-order valence-electron chi connectivity index (χ3n) is 5.69. The summed E-state index contributed by atoms with van der Waals surface area (Å²) in [6, 6.07) is 13.9. The minimum atomic E-state index is -0.644. The van der Waals surface area contributed by atoms with E-state index in [4.69, 9.17) is 27.9 Å². The molecule has 7 nitrogen and oxygen atoms in total. The van der Waals surface area contributed by atoms with E-state index < -0.39 is 12.0 Å². The van der Waals surface area contributed by atoms with Crippen LogP contribution in [0, 0.1) is 0 Å². The molecule has 0 aliphatic carbocycles. The molecule has 0 unspecified atom stereocenters. The van der Waals surface area contributed by atoms with Gasteiger partial charge in [0.05, 0.1) is 29.4 Å². The van der Waals surface area contributed by atoms with Crippen LogP contribution in [0.5, 0.6) is 0 Å². The maximum absolute atomic E-state index is 12.7. The average Bonchev–Trinajstić information content (AvgIpc) is 2.79. The van der Waals surface area contributed by atoms with Gasteiger partial charge in [-0.25, -0.2) is 9.59 Å². The van der Waals surface area contributed by atoms with Gasteiger partial charge >= 0.3 is 12.0 Å². The van der Waals surface area contributed by atoms with Crippen molar-refractivity contribution in [2.24, 2.45) is 0 Å². The van der Waals surface area contributed by atoms with E-state index in [0.717, 1.165) is 36.9 Å². The second-order valence-electron chi connectivity index (χ2n) is 7.68. The number of carbonyl (C=O) groups excluding carboxylic acids is 2. The number of anilines is 1. The molecule has 2 aliphatic heterocycles. The van der Waals surface area contributed by atoms with Gasteiger partial charge in [-0.2, -0.15) is 0 Å². The van der Waals surface area contributed by atoms with Crippen LogP contribution in [0.3, 0.4) is 0 Å². The molecule has 2 aromatic carbocycles. The van der Waals surface area contributed by atoms with E-state index in [9.17, 15) is 9.59 Å². The quantitative estimate of drug-likeness (QED) is 0.647. The van der Waals surface area contributed by atoms with E-state index in [1.807, 2.05) is 30.3 Å². The molecule has 4 rings (SSSR count). The van der Waals surface area contributed by atoms with Crippen molar-refractivity contribution < 1.29 is 14.3 Å². The van der Waals surface area contributed by atoms with Crippen molar-refractivity contribution in [1.29, 1.82) is 0 Å². The lowest BCUT2D eigenvalue weighted by Gasteiger charge is -2.38. The molecule has 0 spiro atoms. The number of nitrogens with zero attached hydrogens (tertiary/aromatic N) is 2. The third-order valence-corrected chi connectivity index (χ3v) is 6.24. The van der Waals surface area contributed by atoms with Crippen LogP contribution in [0.15, 0.2) is 59.8 Å². The van der Waals surface area contributed by atoms with Gasteiger partial charge in [0.2, 0.25) is 0 Å². The lowest BCUT2D eigenvalue weighted by molar-refractivity contribution is -0.136. The van der Waals surface area contributed by atoms with E-state index >= 15 is 0 Å². The number of nitrogens with one attached hydrogen (secondary N) is 2. The smallest absolute Gasteiger partial charge is 0.338 e. The van der Waals surface area contributed by atoms with Gasteiger partial charge in [-0.15, -0.1) is 0 Å². The summed E-state index contributed by atoms with van der Waals surface area (Å²) in [5.74, 6) is -0.493. The van der Waals surface area contributed by atoms with Crippen molar-refractivity contribution >= 4 is 40.9 Å². The number of ether oxygens (including phenoxy) is 1. The zero-order valence-corrected chi connectivity index (χ0v) is 19.1. The number of carbonyl (C=O) groups is 2. The number of piperazine rings is 1. The van der Waals surface area contributed by atoms with Crippen molar-refractivity contribution in [3.63, 3.8) is 0 Å². The molecule has 2 heterocycles. The molecule has 32 heavy (non-hydrogen) atoms. The Balaban J connectivity index is 1.55. The maximum atomic E-state index is 12.7. The molecule has 0 bridgehead atoms. The van der Waals surface area contributed by atoms with E-state index in [2.05, 4.69) is 20.4 Å². The van der Waals surface area contributed by atoms with Gasteiger partial charge in [-0.1, -0.05) is 47.5 Å². The van der Waals surface area contributed by atoms with Gasteiger partial charge in [0, 0.05) is 43.4 Å². The average molecular weight is 475 g/mol. The van der Waals surface area contributed by atoms with Crippen LogP contribution in [-0.2, 0) is 9.53 Å². The van der Waals surface area contributed by atoms with Crippen molar-refractivity contribution in [2.75, 3.05) is 44.7 Å². The number of amides is 2. The first kappa shape index (κ1) is 22.5. The normalized spacial score (nSPS) is 19.4. The molecule has 2 aromatic rings. The Kier molecular flexibility index (Phi) is 6.89. The topological polar surface area (TPSA) is 73.9 Å². The van der Waals surface area contributed by atoms with E-state index in [-0.39, 0.29) is 6.03 Å². The summed E-state index contributed by atoms with van der Waals surface area (Å²) in [6.07, 6.45) is 0. The summed E-state index contributed by atoms with van der Waals surface area (Å²) >= 11 is 12.5. The van der Waals surface area contributed by atoms with Gasteiger partial charge in [0.25, 0.3) is 0 Å². The first-order valence-electron chi connectivity index (χ1n) is 10.3. The van der Waals surface area contributed by atoms with Crippen molar-refractivity contribution in [1.82, 2.24) is 15.5 Å². The molecular formula is C23H24Cl2N4O3. The first-order valence-corrected chi connectivity index (χ1v) is 11.1. The summed E-state index contributed by atoms with van der Waals surface area (Å²) < 4.78 is 5.05. The predicted octanol–water partition coefficient (Wildman–Crippen LogP) is 3.60. The summed E-state index contributed by atoms with van der Waals surface area (Å²) in [5, 5.41) is 6.89. The Hall–Kier alpha value is -2.74. The van der Waals surface area contributed by atoms with Crippen molar-refractivity contribution in [2.45, 2.75) is 6.04 Å². The highest BCUT2D eigenvalue weighted by atomic mass is 35.5. The van der Waals surface area contributed by atoms with Crippen LogP contribution in [0.2, 0.25) is 10.0 Å². The molecule has 168 valence electrons. The minimum Gasteiger partial charge on any atom is -0.466 e. The molecule has 0 saturated carbocycles. The Labute approximate surface area is 196 Å². The molecule has 2 aliphatic rings. The third kappa shape index (κ3) is 4.85. The van der Waals surface area contributed by atoms with Gasteiger partial charge in [0.15, 0.2) is 0 Å². The molecule has 0 aromatic heterocycles. The van der Waals surface area contributed by atoms with Crippen LogP contribution in [-0.4, -0.2) is 56.7 Å². The Bertz CT molecular complexity index is 1050.